The summed E-state index contributed by atoms with van der Waals surface area (Å²) in [6.45, 7) is 0.550. The number of benzene rings is 1. The van der Waals surface area contributed by atoms with E-state index in [0.29, 0.717) is 24.4 Å². The topological polar surface area (TPSA) is 64.7 Å². The summed E-state index contributed by atoms with van der Waals surface area (Å²) in [6, 6.07) is 7.45. The summed E-state index contributed by atoms with van der Waals surface area (Å²) >= 11 is 6.33. The van der Waals surface area contributed by atoms with Crippen LogP contribution in [-0.4, -0.2) is 24.3 Å². The molecular weight excluding hydrogens is 288 g/mol. The van der Waals surface area contributed by atoms with Gasteiger partial charge in [0.2, 0.25) is 5.78 Å². The third-order valence-electron chi connectivity index (χ3n) is 4.56. The molecule has 2 aliphatic rings. The zero-order valence-electron chi connectivity index (χ0n) is 11.8. The molecule has 1 aliphatic carbocycles. The zero-order valence-corrected chi connectivity index (χ0v) is 12.6. The highest BCUT2D eigenvalue weighted by molar-refractivity contribution is 6.32. The lowest BCUT2D eigenvalue weighted by atomic mass is 9.66. The van der Waals surface area contributed by atoms with Crippen LogP contribution in [0, 0.1) is 0 Å². The van der Waals surface area contributed by atoms with Crippen molar-refractivity contribution in [3.8, 4) is 0 Å². The minimum absolute atomic E-state index is 0.0327. The quantitative estimate of drug-likeness (QED) is 0.930. The zero-order chi connectivity index (χ0) is 14.9. The van der Waals surface area contributed by atoms with Crippen molar-refractivity contribution in [1.82, 2.24) is 0 Å². The van der Waals surface area contributed by atoms with Crippen molar-refractivity contribution in [3.63, 3.8) is 0 Å². The minimum atomic E-state index is -0.885. The lowest BCUT2D eigenvalue weighted by molar-refractivity contribution is -0.149. The molecule has 112 valence electrons. The van der Waals surface area contributed by atoms with Gasteiger partial charge in [-0.3, -0.25) is 4.79 Å². The SMILES string of the molecule is NCCCC12CCCC(c3ccccc3Cl)(N=CO1)C2=O. The van der Waals surface area contributed by atoms with E-state index in [9.17, 15) is 4.79 Å². The highest BCUT2D eigenvalue weighted by Gasteiger charge is 2.57. The smallest absolute Gasteiger partial charge is 0.208 e. The van der Waals surface area contributed by atoms with Crippen LogP contribution < -0.4 is 5.73 Å². The predicted octanol–water partition coefficient (Wildman–Crippen LogP) is 2.82. The Morgan fingerprint density at radius 1 is 1.33 bits per heavy atom. The first-order chi connectivity index (χ1) is 10.1. The van der Waals surface area contributed by atoms with Crippen LogP contribution in [0.1, 0.15) is 37.7 Å². The van der Waals surface area contributed by atoms with E-state index >= 15 is 0 Å². The number of fused-ring (bicyclic) bond motifs is 2. The molecule has 2 unspecified atom stereocenters. The maximum Gasteiger partial charge on any atom is 0.208 e. The number of hydrogen-bond acceptors (Lipinski definition) is 4. The summed E-state index contributed by atoms with van der Waals surface area (Å²) in [6.07, 6.45) is 5.14. The molecule has 0 aromatic heterocycles. The maximum absolute atomic E-state index is 13.2. The van der Waals surface area contributed by atoms with Gasteiger partial charge in [0.05, 0.1) is 0 Å². The van der Waals surface area contributed by atoms with Crippen LogP contribution in [0.3, 0.4) is 0 Å². The van der Waals surface area contributed by atoms with E-state index in [2.05, 4.69) is 4.99 Å². The van der Waals surface area contributed by atoms with Crippen LogP contribution in [0.2, 0.25) is 5.02 Å². The molecule has 1 fully saturated rings. The largest absolute Gasteiger partial charge is 0.469 e. The number of Topliss-reactive ketones (excluding diaryl/α,β-unsaturated/α-hetero) is 1. The Labute approximate surface area is 129 Å². The molecule has 1 aliphatic heterocycles. The van der Waals surface area contributed by atoms with Crippen LogP contribution in [0.4, 0.5) is 0 Å². The second-order valence-corrected chi connectivity index (χ2v) is 6.17. The first kappa shape index (κ1) is 14.5. The third kappa shape index (κ3) is 2.17. The van der Waals surface area contributed by atoms with E-state index in [0.717, 1.165) is 24.8 Å². The fourth-order valence-electron chi connectivity index (χ4n) is 3.49. The van der Waals surface area contributed by atoms with Crippen LogP contribution in [0.15, 0.2) is 29.3 Å². The average Bonchev–Trinajstić information content (AvgIpc) is 2.47. The number of hydrogen-bond donors (Lipinski definition) is 1. The molecule has 0 amide bonds. The van der Waals surface area contributed by atoms with E-state index in [1.807, 2.05) is 18.2 Å². The summed E-state index contributed by atoms with van der Waals surface area (Å²) in [7, 11) is 0. The van der Waals surface area contributed by atoms with Crippen LogP contribution in [-0.2, 0) is 15.1 Å². The molecule has 1 heterocycles. The van der Waals surface area contributed by atoms with Crippen molar-refractivity contribution in [1.29, 1.82) is 0 Å². The molecule has 3 rings (SSSR count). The Kier molecular flexibility index (Phi) is 3.76. The van der Waals surface area contributed by atoms with Gasteiger partial charge < -0.3 is 10.5 Å². The average molecular weight is 307 g/mol. The number of carbonyl (C=O) groups excluding carboxylic acids is 1. The van der Waals surface area contributed by atoms with Gasteiger partial charge in [-0.1, -0.05) is 29.8 Å². The Bertz CT molecular complexity index is 589. The molecule has 2 atom stereocenters. The number of rotatable bonds is 4. The summed E-state index contributed by atoms with van der Waals surface area (Å²) in [4.78, 5) is 17.6. The van der Waals surface area contributed by atoms with Gasteiger partial charge in [0, 0.05) is 10.6 Å². The molecule has 0 radical (unpaired) electrons. The van der Waals surface area contributed by atoms with Crippen LogP contribution >= 0.6 is 11.6 Å². The Morgan fingerprint density at radius 2 is 2.14 bits per heavy atom. The van der Waals surface area contributed by atoms with Crippen LogP contribution in [0.5, 0.6) is 0 Å². The summed E-state index contributed by atoms with van der Waals surface area (Å²) in [5, 5.41) is 0.583. The molecule has 21 heavy (non-hydrogen) atoms. The summed E-state index contributed by atoms with van der Waals surface area (Å²) in [5.41, 5.74) is 4.72. The van der Waals surface area contributed by atoms with E-state index in [1.54, 1.807) is 6.07 Å². The lowest BCUT2D eigenvalue weighted by Crippen LogP contribution is -2.58. The molecule has 4 nitrogen and oxygen atoms in total. The minimum Gasteiger partial charge on any atom is -0.469 e. The van der Waals surface area contributed by atoms with Crippen molar-refractivity contribution < 1.29 is 9.53 Å². The van der Waals surface area contributed by atoms with Crippen molar-refractivity contribution in [2.75, 3.05) is 6.54 Å². The second kappa shape index (κ2) is 5.43. The van der Waals surface area contributed by atoms with Gasteiger partial charge in [0.15, 0.2) is 17.5 Å². The molecule has 1 aromatic rings. The summed E-state index contributed by atoms with van der Waals surface area (Å²) in [5.74, 6) is 0.0327. The van der Waals surface area contributed by atoms with E-state index < -0.39 is 11.1 Å². The number of aliphatic imine (C=N–C) groups is 1. The van der Waals surface area contributed by atoms with Gasteiger partial charge in [-0.05, 0) is 44.7 Å². The van der Waals surface area contributed by atoms with E-state index in [4.69, 9.17) is 22.1 Å². The standard InChI is InChI=1S/C16H19ClN2O2/c17-13-6-2-1-5-12(13)16-9-3-7-15(14(16)20,8-4-10-18)21-11-19-16/h1-2,5-6,11H,3-4,7-10,18H2. The number of nitrogens with two attached hydrogens (primary N) is 1. The fraction of sp³-hybridized carbons (Fsp3) is 0.500. The Balaban J connectivity index is 2.06. The molecule has 0 saturated heterocycles. The maximum atomic E-state index is 13.2. The van der Waals surface area contributed by atoms with Gasteiger partial charge >= 0.3 is 0 Å². The van der Waals surface area contributed by atoms with Crippen molar-refractivity contribution in [2.24, 2.45) is 10.7 Å². The normalized spacial score (nSPS) is 31.0. The first-order valence-corrected chi connectivity index (χ1v) is 7.74. The number of ether oxygens (including phenoxy) is 1. The van der Waals surface area contributed by atoms with Gasteiger partial charge in [0.25, 0.3) is 0 Å². The second-order valence-electron chi connectivity index (χ2n) is 5.76. The van der Waals surface area contributed by atoms with Gasteiger partial charge in [0.1, 0.15) is 0 Å². The molecule has 0 spiro atoms. The monoisotopic (exact) mass is 306 g/mol. The number of halogens is 1. The molecule has 2 bridgehead atoms. The van der Waals surface area contributed by atoms with Gasteiger partial charge in [-0.25, -0.2) is 4.99 Å². The predicted molar refractivity (Wildman–Crippen MR) is 82.6 cm³/mol. The molecule has 1 aromatic carbocycles. The highest BCUT2D eigenvalue weighted by Crippen LogP contribution is 2.48. The third-order valence-corrected chi connectivity index (χ3v) is 4.89. The van der Waals surface area contributed by atoms with Crippen molar-refractivity contribution >= 4 is 23.8 Å². The highest BCUT2D eigenvalue weighted by atomic mass is 35.5. The number of carbonyl (C=O) groups is 1. The van der Waals surface area contributed by atoms with Gasteiger partial charge in [-0.2, -0.15) is 0 Å². The fourth-order valence-corrected chi connectivity index (χ4v) is 3.79. The molecule has 2 N–H and O–H groups in total. The molecular formula is C16H19ClN2O2. The molecule has 5 heteroatoms. The van der Waals surface area contributed by atoms with E-state index in [1.165, 1.54) is 6.40 Å². The number of ketones is 1. The number of nitrogens with zero attached hydrogens (tertiary/aromatic N) is 1. The van der Waals surface area contributed by atoms with Crippen molar-refractivity contribution in [2.45, 2.75) is 43.2 Å². The lowest BCUT2D eigenvalue weighted by Gasteiger charge is -2.46. The Hall–Kier alpha value is -1.39. The first-order valence-electron chi connectivity index (χ1n) is 7.36. The molecule has 1 saturated carbocycles. The Morgan fingerprint density at radius 3 is 2.90 bits per heavy atom. The van der Waals surface area contributed by atoms with Crippen LogP contribution in [0.25, 0.3) is 0 Å². The van der Waals surface area contributed by atoms with Gasteiger partial charge in [-0.15, -0.1) is 0 Å². The summed E-state index contributed by atoms with van der Waals surface area (Å²) < 4.78 is 5.70. The van der Waals surface area contributed by atoms with Crippen molar-refractivity contribution in [3.05, 3.63) is 34.9 Å². The van der Waals surface area contributed by atoms with E-state index in [-0.39, 0.29) is 5.78 Å².